The lowest BCUT2D eigenvalue weighted by Crippen LogP contribution is -2.33. The van der Waals surface area contributed by atoms with Crippen LogP contribution >= 0.6 is 11.6 Å². The number of nitrogens with one attached hydrogen (secondary N) is 1. The highest BCUT2D eigenvalue weighted by molar-refractivity contribution is 6.35. The third-order valence-electron chi connectivity index (χ3n) is 3.69. The summed E-state index contributed by atoms with van der Waals surface area (Å²) in [5.41, 5.74) is 8.61. The van der Waals surface area contributed by atoms with E-state index in [2.05, 4.69) is 17.1 Å². The van der Waals surface area contributed by atoms with Gasteiger partial charge in [-0.2, -0.15) is 0 Å². The molecule has 1 heterocycles. The number of halogens is 1. The lowest BCUT2D eigenvalue weighted by Gasteiger charge is -2.25. The van der Waals surface area contributed by atoms with Crippen LogP contribution in [0.1, 0.15) is 31.2 Å². The van der Waals surface area contributed by atoms with Crippen molar-refractivity contribution in [2.24, 2.45) is 5.73 Å². The predicted molar refractivity (Wildman–Crippen MR) is 67.6 cm³/mol. The first-order valence-electron chi connectivity index (χ1n) is 5.76. The standard InChI is InChI=1S/C13H15ClN2/c14-10-8-16-11-5-3-4-9(12(10)11)13(15)6-1-2-7-13/h3-5,8,16H,1-2,6-7,15H2. The molecule has 1 aromatic carbocycles. The molecule has 1 fully saturated rings. The molecule has 1 aliphatic carbocycles. The zero-order valence-corrected chi connectivity index (χ0v) is 9.85. The summed E-state index contributed by atoms with van der Waals surface area (Å²) < 4.78 is 0. The van der Waals surface area contributed by atoms with Gasteiger partial charge < -0.3 is 10.7 Å². The van der Waals surface area contributed by atoms with Gasteiger partial charge in [-0.25, -0.2) is 0 Å². The van der Waals surface area contributed by atoms with Gasteiger partial charge in [-0.15, -0.1) is 0 Å². The summed E-state index contributed by atoms with van der Waals surface area (Å²) in [5, 5.41) is 1.89. The minimum Gasteiger partial charge on any atom is -0.360 e. The molecule has 1 saturated carbocycles. The van der Waals surface area contributed by atoms with Crippen LogP contribution in [-0.4, -0.2) is 4.98 Å². The van der Waals surface area contributed by atoms with E-state index in [1.807, 2.05) is 12.3 Å². The third kappa shape index (κ3) is 1.37. The molecule has 3 heteroatoms. The van der Waals surface area contributed by atoms with Gasteiger partial charge in [-0.05, 0) is 24.5 Å². The van der Waals surface area contributed by atoms with Crippen molar-refractivity contribution in [1.82, 2.24) is 4.98 Å². The molecule has 3 rings (SSSR count). The Balaban J connectivity index is 2.26. The molecule has 0 bridgehead atoms. The van der Waals surface area contributed by atoms with Gasteiger partial charge >= 0.3 is 0 Å². The van der Waals surface area contributed by atoms with E-state index in [0.29, 0.717) is 0 Å². The summed E-state index contributed by atoms with van der Waals surface area (Å²) in [6, 6.07) is 6.22. The summed E-state index contributed by atoms with van der Waals surface area (Å²) in [4.78, 5) is 3.18. The Labute approximate surface area is 99.8 Å². The average molecular weight is 235 g/mol. The average Bonchev–Trinajstić information content (AvgIpc) is 2.87. The Kier molecular flexibility index (Phi) is 2.23. The van der Waals surface area contributed by atoms with Gasteiger partial charge in [0.15, 0.2) is 0 Å². The summed E-state index contributed by atoms with van der Waals surface area (Å²) in [6.07, 6.45) is 6.40. The molecule has 2 aromatic rings. The second-order valence-corrected chi connectivity index (χ2v) is 5.14. The van der Waals surface area contributed by atoms with E-state index in [-0.39, 0.29) is 5.54 Å². The van der Waals surface area contributed by atoms with Crippen LogP contribution in [0, 0.1) is 0 Å². The molecule has 0 atom stereocenters. The van der Waals surface area contributed by atoms with Gasteiger partial charge in [0.05, 0.1) is 5.02 Å². The van der Waals surface area contributed by atoms with E-state index in [1.165, 1.54) is 18.4 Å². The van der Waals surface area contributed by atoms with Crippen LogP contribution in [0.5, 0.6) is 0 Å². The first-order chi connectivity index (χ1) is 7.71. The van der Waals surface area contributed by atoms with E-state index in [9.17, 15) is 0 Å². The fourth-order valence-electron chi connectivity index (χ4n) is 2.83. The Morgan fingerprint density at radius 3 is 2.75 bits per heavy atom. The largest absolute Gasteiger partial charge is 0.360 e. The first kappa shape index (κ1) is 10.2. The zero-order chi connectivity index (χ0) is 11.2. The Morgan fingerprint density at radius 1 is 1.25 bits per heavy atom. The lowest BCUT2D eigenvalue weighted by atomic mass is 9.87. The minimum absolute atomic E-state index is 0.175. The highest BCUT2D eigenvalue weighted by atomic mass is 35.5. The maximum Gasteiger partial charge on any atom is 0.0662 e. The monoisotopic (exact) mass is 234 g/mol. The lowest BCUT2D eigenvalue weighted by molar-refractivity contribution is 0.466. The predicted octanol–water partition coefficient (Wildman–Crippen LogP) is 3.55. The smallest absolute Gasteiger partial charge is 0.0662 e. The summed E-state index contributed by atoms with van der Waals surface area (Å²) >= 11 is 6.23. The van der Waals surface area contributed by atoms with Crippen LogP contribution in [0.15, 0.2) is 24.4 Å². The van der Waals surface area contributed by atoms with E-state index in [4.69, 9.17) is 17.3 Å². The minimum atomic E-state index is -0.175. The molecule has 16 heavy (non-hydrogen) atoms. The first-order valence-corrected chi connectivity index (χ1v) is 6.13. The highest BCUT2D eigenvalue weighted by Crippen LogP contribution is 2.41. The number of hydrogen-bond acceptors (Lipinski definition) is 1. The highest BCUT2D eigenvalue weighted by Gasteiger charge is 2.33. The van der Waals surface area contributed by atoms with Crippen molar-refractivity contribution in [3.63, 3.8) is 0 Å². The number of benzene rings is 1. The maximum atomic E-state index is 6.50. The van der Waals surface area contributed by atoms with Crippen LogP contribution in [0.2, 0.25) is 5.02 Å². The Hall–Kier alpha value is -0.990. The SMILES string of the molecule is NC1(c2cccc3[nH]cc(Cl)c23)CCCC1. The van der Waals surface area contributed by atoms with E-state index in [0.717, 1.165) is 28.8 Å². The van der Waals surface area contributed by atoms with Crippen molar-refractivity contribution in [3.8, 4) is 0 Å². The van der Waals surface area contributed by atoms with Gasteiger partial charge in [0, 0.05) is 22.6 Å². The van der Waals surface area contributed by atoms with Gasteiger partial charge in [-0.3, -0.25) is 0 Å². The molecule has 3 N–H and O–H groups in total. The molecule has 0 spiro atoms. The van der Waals surface area contributed by atoms with Crippen molar-refractivity contribution in [2.75, 3.05) is 0 Å². The molecule has 1 aliphatic rings. The Morgan fingerprint density at radius 2 is 2.00 bits per heavy atom. The van der Waals surface area contributed by atoms with Crippen molar-refractivity contribution < 1.29 is 0 Å². The van der Waals surface area contributed by atoms with Crippen molar-refractivity contribution in [2.45, 2.75) is 31.2 Å². The summed E-state index contributed by atoms with van der Waals surface area (Å²) in [7, 11) is 0. The van der Waals surface area contributed by atoms with Crippen LogP contribution in [0.3, 0.4) is 0 Å². The molecule has 0 unspecified atom stereocenters. The summed E-state index contributed by atoms with van der Waals surface area (Å²) in [5.74, 6) is 0. The second-order valence-electron chi connectivity index (χ2n) is 4.73. The van der Waals surface area contributed by atoms with Crippen LogP contribution in [-0.2, 0) is 5.54 Å². The normalized spacial score (nSPS) is 19.4. The quantitative estimate of drug-likeness (QED) is 0.779. The number of rotatable bonds is 1. The van der Waals surface area contributed by atoms with Gasteiger partial charge in [0.1, 0.15) is 0 Å². The van der Waals surface area contributed by atoms with Gasteiger partial charge in [-0.1, -0.05) is 36.6 Å². The van der Waals surface area contributed by atoms with Crippen LogP contribution < -0.4 is 5.73 Å². The van der Waals surface area contributed by atoms with Crippen molar-refractivity contribution in [1.29, 1.82) is 0 Å². The molecule has 2 nitrogen and oxygen atoms in total. The number of nitrogens with two attached hydrogens (primary N) is 1. The molecule has 0 amide bonds. The molecular weight excluding hydrogens is 220 g/mol. The third-order valence-corrected chi connectivity index (χ3v) is 3.99. The molecule has 0 aliphatic heterocycles. The number of H-pyrrole nitrogens is 1. The zero-order valence-electron chi connectivity index (χ0n) is 9.09. The Bertz CT molecular complexity index is 524. The van der Waals surface area contributed by atoms with E-state index in [1.54, 1.807) is 0 Å². The van der Waals surface area contributed by atoms with Gasteiger partial charge in [0.2, 0.25) is 0 Å². The number of fused-ring (bicyclic) bond motifs is 1. The molecule has 84 valence electrons. The topological polar surface area (TPSA) is 41.8 Å². The van der Waals surface area contributed by atoms with Crippen molar-refractivity contribution in [3.05, 3.63) is 35.0 Å². The fraction of sp³-hybridized carbons (Fsp3) is 0.385. The number of hydrogen-bond donors (Lipinski definition) is 2. The molecule has 0 saturated heterocycles. The van der Waals surface area contributed by atoms with Crippen LogP contribution in [0.25, 0.3) is 10.9 Å². The van der Waals surface area contributed by atoms with E-state index >= 15 is 0 Å². The molecule has 1 aromatic heterocycles. The number of aromatic amines is 1. The summed E-state index contributed by atoms with van der Waals surface area (Å²) in [6.45, 7) is 0. The molecular formula is C13H15ClN2. The fourth-order valence-corrected chi connectivity index (χ4v) is 3.09. The van der Waals surface area contributed by atoms with Crippen LogP contribution in [0.4, 0.5) is 0 Å². The van der Waals surface area contributed by atoms with E-state index < -0.39 is 0 Å². The number of aromatic nitrogens is 1. The molecule has 0 radical (unpaired) electrons. The maximum absolute atomic E-state index is 6.50. The second kappa shape index (κ2) is 3.51. The van der Waals surface area contributed by atoms with Gasteiger partial charge in [0.25, 0.3) is 0 Å². The van der Waals surface area contributed by atoms with Crippen molar-refractivity contribution >= 4 is 22.5 Å².